The number of unbranched alkanes of at least 4 members (excludes halogenated alkanes) is 6. The Labute approximate surface area is 112 Å². The summed E-state index contributed by atoms with van der Waals surface area (Å²) < 4.78 is 16.1. The lowest BCUT2D eigenvalue weighted by Gasteiger charge is -2.24. The molecular formula is C12H27ClO3Si. The average Bonchev–Trinajstić information content (AvgIpc) is 2.38. The molecule has 0 aromatic rings. The number of halogens is 1. The first-order chi connectivity index (χ1) is 8.24. The zero-order valence-electron chi connectivity index (χ0n) is 11.5. The van der Waals surface area contributed by atoms with Gasteiger partial charge in [-0.2, -0.15) is 0 Å². The van der Waals surface area contributed by atoms with Crippen molar-refractivity contribution in [2.75, 3.05) is 27.2 Å². The van der Waals surface area contributed by atoms with Crippen molar-refractivity contribution in [2.45, 2.75) is 51.0 Å². The molecule has 0 saturated carbocycles. The molecule has 17 heavy (non-hydrogen) atoms. The van der Waals surface area contributed by atoms with Gasteiger partial charge in [-0.3, -0.25) is 0 Å². The Morgan fingerprint density at radius 2 is 1.12 bits per heavy atom. The number of alkyl halides is 1. The molecule has 5 heteroatoms. The normalized spacial score (nSPS) is 12.0. The van der Waals surface area contributed by atoms with Gasteiger partial charge in [0.25, 0.3) is 0 Å². The molecule has 0 atom stereocenters. The van der Waals surface area contributed by atoms with Gasteiger partial charge in [-0.25, -0.2) is 0 Å². The maximum absolute atomic E-state index is 5.63. The molecule has 0 rings (SSSR count). The van der Waals surface area contributed by atoms with Crippen LogP contribution >= 0.6 is 11.6 Å². The van der Waals surface area contributed by atoms with Crippen molar-refractivity contribution in [3.05, 3.63) is 0 Å². The monoisotopic (exact) mass is 282 g/mol. The van der Waals surface area contributed by atoms with Crippen LogP contribution in [-0.4, -0.2) is 36.0 Å². The molecule has 3 nitrogen and oxygen atoms in total. The van der Waals surface area contributed by atoms with Gasteiger partial charge in [-0.15, -0.1) is 11.6 Å². The maximum Gasteiger partial charge on any atom is 0.500 e. The van der Waals surface area contributed by atoms with Crippen LogP contribution in [0.2, 0.25) is 6.04 Å². The second-order valence-corrected chi connectivity index (χ2v) is 7.68. The van der Waals surface area contributed by atoms with Crippen LogP contribution in [0.1, 0.15) is 44.9 Å². The van der Waals surface area contributed by atoms with Crippen LogP contribution in [0.5, 0.6) is 0 Å². The van der Waals surface area contributed by atoms with Crippen molar-refractivity contribution in [1.29, 1.82) is 0 Å². The summed E-state index contributed by atoms with van der Waals surface area (Å²) in [5.74, 6) is 0.795. The first kappa shape index (κ1) is 17.4. The fourth-order valence-electron chi connectivity index (χ4n) is 1.88. The van der Waals surface area contributed by atoms with E-state index in [-0.39, 0.29) is 0 Å². The number of hydrogen-bond donors (Lipinski definition) is 0. The first-order valence-electron chi connectivity index (χ1n) is 6.46. The summed E-state index contributed by atoms with van der Waals surface area (Å²) in [7, 11) is 2.70. The largest absolute Gasteiger partial charge is 0.500 e. The summed E-state index contributed by atoms with van der Waals surface area (Å²) in [5.41, 5.74) is 0. The molecule has 0 aliphatic carbocycles. The lowest BCUT2D eigenvalue weighted by Crippen LogP contribution is -2.42. The van der Waals surface area contributed by atoms with Crippen LogP contribution in [0.25, 0.3) is 0 Å². The lowest BCUT2D eigenvalue weighted by molar-refractivity contribution is 0.122. The third-order valence-corrected chi connectivity index (χ3v) is 6.15. The number of hydrogen-bond acceptors (Lipinski definition) is 3. The highest BCUT2D eigenvalue weighted by Crippen LogP contribution is 2.18. The van der Waals surface area contributed by atoms with Gasteiger partial charge in [0, 0.05) is 33.3 Å². The van der Waals surface area contributed by atoms with Gasteiger partial charge in [-0.05, 0) is 12.8 Å². The third kappa shape index (κ3) is 8.16. The summed E-state index contributed by atoms with van der Waals surface area (Å²) in [5, 5.41) is 0. The Balaban J connectivity index is 3.43. The highest BCUT2D eigenvalue weighted by atomic mass is 35.5. The third-order valence-electron chi connectivity index (χ3n) is 3.05. The van der Waals surface area contributed by atoms with Crippen molar-refractivity contribution < 1.29 is 13.3 Å². The van der Waals surface area contributed by atoms with Gasteiger partial charge >= 0.3 is 8.80 Å². The van der Waals surface area contributed by atoms with Crippen molar-refractivity contribution in [3.63, 3.8) is 0 Å². The summed E-state index contributed by atoms with van der Waals surface area (Å²) in [6.07, 6.45) is 8.64. The fourth-order valence-corrected chi connectivity index (χ4v) is 3.86. The molecule has 0 amide bonds. The molecule has 0 N–H and O–H groups in total. The van der Waals surface area contributed by atoms with E-state index in [1.807, 2.05) is 0 Å². The molecule has 0 fully saturated rings. The minimum Gasteiger partial charge on any atom is -0.377 e. The Morgan fingerprint density at radius 3 is 1.53 bits per heavy atom. The van der Waals surface area contributed by atoms with Crippen molar-refractivity contribution in [2.24, 2.45) is 0 Å². The summed E-state index contributed by atoms with van der Waals surface area (Å²) >= 11 is 5.63. The topological polar surface area (TPSA) is 27.7 Å². The molecule has 0 aromatic heterocycles. The van der Waals surface area contributed by atoms with E-state index in [4.69, 9.17) is 24.9 Å². The Hall–Kier alpha value is 0.387. The van der Waals surface area contributed by atoms with Crippen LogP contribution in [0.4, 0.5) is 0 Å². The SMILES string of the molecule is CO[Si](CCCCCCCCCCl)(OC)OC. The van der Waals surface area contributed by atoms with E-state index in [1.54, 1.807) is 21.3 Å². The smallest absolute Gasteiger partial charge is 0.377 e. The molecule has 0 saturated heterocycles. The van der Waals surface area contributed by atoms with Crippen molar-refractivity contribution in [3.8, 4) is 0 Å². The highest BCUT2D eigenvalue weighted by Gasteiger charge is 2.36. The van der Waals surface area contributed by atoms with Gasteiger partial charge in [0.05, 0.1) is 0 Å². The first-order valence-corrected chi connectivity index (χ1v) is 8.92. The summed E-state index contributed by atoms with van der Waals surface area (Å²) in [6.45, 7) is 0. The van der Waals surface area contributed by atoms with E-state index in [9.17, 15) is 0 Å². The molecule has 0 heterocycles. The maximum atomic E-state index is 5.63. The predicted octanol–water partition coefficient (Wildman–Crippen LogP) is 3.83. The van der Waals surface area contributed by atoms with E-state index >= 15 is 0 Å². The Morgan fingerprint density at radius 1 is 0.706 bits per heavy atom. The van der Waals surface area contributed by atoms with Gasteiger partial charge in [0.15, 0.2) is 0 Å². The van der Waals surface area contributed by atoms with Crippen molar-refractivity contribution >= 4 is 20.4 Å². The second kappa shape index (κ2) is 11.5. The standard InChI is InChI=1S/C12H27ClO3Si/c1-14-17(15-2,16-3)12-10-8-6-4-5-7-9-11-13/h4-12H2,1-3H3. The van der Waals surface area contributed by atoms with E-state index in [2.05, 4.69) is 0 Å². The molecule has 0 unspecified atom stereocenters. The lowest BCUT2D eigenvalue weighted by atomic mass is 10.1. The van der Waals surface area contributed by atoms with E-state index in [0.717, 1.165) is 24.8 Å². The van der Waals surface area contributed by atoms with E-state index in [0.29, 0.717) is 0 Å². The average molecular weight is 283 g/mol. The molecule has 0 bridgehead atoms. The molecule has 104 valence electrons. The second-order valence-electron chi connectivity index (χ2n) is 4.21. The van der Waals surface area contributed by atoms with Gasteiger partial charge in [0.2, 0.25) is 0 Å². The van der Waals surface area contributed by atoms with Gasteiger partial charge in [0.1, 0.15) is 0 Å². The predicted molar refractivity (Wildman–Crippen MR) is 74.6 cm³/mol. The number of rotatable bonds is 12. The highest BCUT2D eigenvalue weighted by molar-refractivity contribution is 6.60. The van der Waals surface area contributed by atoms with Crippen LogP contribution < -0.4 is 0 Å². The van der Waals surface area contributed by atoms with E-state index in [1.165, 1.54) is 32.1 Å². The minimum absolute atomic E-state index is 0.795. The Kier molecular flexibility index (Phi) is 11.7. The molecule has 0 spiro atoms. The van der Waals surface area contributed by atoms with Crippen LogP contribution in [0, 0.1) is 0 Å². The van der Waals surface area contributed by atoms with Crippen LogP contribution in [0.3, 0.4) is 0 Å². The molecule has 0 radical (unpaired) electrons. The molecule has 0 aliphatic rings. The fraction of sp³-hybridized carbons (Fsp3) is 1.00. The summed E-state index contributed by atoms with van der Waals surface area (Å²) in [4.78, 5) is 0. The molecule has 0 aliphatic heterocycles. The quantitative estimate of drug-likeness (QED) is 0.309. The zero-order chi connectivity index (χ0) is 13.0. The zero-order valence-corrected chi connectivity index (χ0v) is 13.2. The van der Waals surface area contributed by atoms with Crippen LogP contribution in [-0.2, 0) is 13.3 Å². The van der Waals surface area contributed by atoms with Gasteiger partial charge < -0.3 is 13.3 Å². The molecule has 0 aromatic carbocycles. The molecular weight excluding hydrogens is 256 g/mol. The Bertz CT molecular complexity index is 158. The van der Waals surface area contributed by atoms with Crippen LogP contribution in [0.15, 0.2) is 0 Å². The minimum atomic E-state index is -2.32. The van der Waals surface area contributed by atoms with E-state index < -0.39 is 8.80 Å². The summed E-state index contributed by atoms with van der Waals surface area (Å²) in [6, 6.07) is 0.915. The van der Waals surface area contributed by atoms with Gasteiger partial charge in [-0.1, -0.05) is 32.1 Å². The van der Waals surface area contributed by atoms with Crippen molar-refractivity contribution in [1.82, 2.24) is 0 Å².